The number of benzene rings is 2. The van der Waals surface area contributed by atoms with Crippen molar-refractivity contribution in [2.45, 2.75) is 38.8 Å². The Hall–Kier alpha value is -2.93. The van der Waals surface area contributed by atoms with Crippen LogP contribution in [0.2, 0.25) is 0 Å². The Morgan fingerprint density at radius 1 is 0.824 bits per heavy atom. The monoisotopic (exact) mass is 463 g/mol. The topological polar surface area (TPSA) is 43.5 Å². The second-order valence-corrected chi connectivity index (χ2v) is 10.1. The Labute approximate surface area is 199 Å². The van der Waals surface area contributed by atoms with E-state index >= 15 is 0 Å². The molecule has 2 heterocycles. The Morgan fingerprint density at radius 2 is 1.26 bits per heavy atom. The first-order valence-corrected chi connectivity index (χ1v) is 11.3. The van der Waals surface area contributed by atoms with Gasteiger partial charge in [-0.3, -0.25) is 9.69 Å². The zero-order chi connectivity index (χ0) is 24.7. The minimum absolute atomic E-state index is 0.0876. The highest BCUT2D eigenvalue weighted by atomic mass is 19.1. The van der Waals surface area contributed by atoms with Gasteiger partial charge < -0.3 is 0 Å². The summed E-state index contributed by atoms with van der Waals surface area (Å²) in [4.78, 5) is 15.5. The molecule has 34 heavy (non-hydrogen) atoms. The predicted octanol–water partition coefficient (Wildman–Crippen LogP) is 5.46. The van der Waals surface area contributed by atoms with Crippen molar-refractivity contribution >= 4 is 17.9 Å². The highest BCUT2D eigenvalue weighted by molar-refractivity contribution is 6.14. The molecule has 0 bridgehead atoms. The average molecular weight is 464 g/mol. The number of carbonyl (C=O) groups excluding carboxylic acids is 1. The van der Waals surface area contributed by atoms with Crippen molar-refractivity contribution in [2.75, 3.05) is 19.6 Å². The second-order valence-electron chi connectivity index (χ2n) is 10.1. The molecular weight excluding hydrogens is 434 g/mol. The summed E-state index contributed by atoms with van der Waals surface area (Å²) in [6.07, 6.45) is 5.58. The molecule has 2 aliphatic heterocycles. The van der Waals surface area contributed by atoms with Gasteiger partial charge in [-0.05, 0) is 80.8 Å². The third-order valence-corrected chi connectivity index (χ3v) is 6.53. The number of piperidine rings is 1. The molecule has 1 radical (unpaired) electrons. The zero-order valence-electron chi connectivity index (χ0n) is 19.9. The summed E-state index contributed by atoms with van der Waals surface area (Å²) in [6.45, 7) is 8.97. The van der Waals surface area contributed by atoms with Crippen LogP contribution >= 0.6 is 0 Å². The van der Waals surface area contributed by atoms with Crippen molar-refractivity contribution < 1.29 is 18.8 Å². The Kier molecular flexibility index (Phi) is 6.42. The van der Waals surface area contributed by atoms with Crippen LogP contribution in [0.1, 0.15) is 38.8 Å². The lowest BCUT2D eigenvalue weighted by Crippen LogP contribution is -2.48. The molecule has 2 aliphatic rings. The summed E-state index contributed by atoms with van der Waals surface area (Å²) in [6, 6.07) is 12.0. The Balaban J connectivity index is 1.69. The molecule has 1 saturated heterocycles. The molecule has 0 unspecified atom stereocenters. The van der Waals surface area contributed by atoms with Crippen LogP contribution in [0.25, 0.3) is 12.2 Å². The van der Waals surface area contributed by atoms with Gasteiger partial charge in [0.05, 0.1) is 11.1 Å². The summed E-state index contributed by atoms with van der Waals surface area (Å²) in [5.41, 5.74) is 2.38. The van der Waals surface area contributed by atoms with Gasteiger partial charge in [0.2, 0.25) is 0 Å². The van der Waals surface area contributed by atoms with Crippen molar-refractivity contribution in [3.05, 3.63) is 94.1 Å². The average Bonchev–Trinajstić information content (AvgIpc) is 2.93. The smallest absolute Gasteiger partial charge is 0.187 e. The Morgan fingerprint density at radius 3 is 1.65 bits per heavy atom. The number of ketones is 1. The molecule has 4 rings (SSSR count). The van der Waals surface area contributed by atoms with Gasteiger partial charge in [-0.2, -0.15) is 0 Å². The molecular formula is C28H29F2N2O2. The van der Waals surface area contributed by atoms with Crippen LogP contribution in [0.5, 0.6) is 0 Å². The van der Waals surface area contributed by atoms with E-state index in [1.54, 1.807) is 36.4 Å². The van der Waals surface area contributed by atoms with Gasteiger partial charge in [-0.15, -0.1) is 10.3 Å². The van der Waals surface area contributed by atoms with Gasteiger partial charge in [0.1, 0.15) is 11.6 Å². The minimum Gasteiger partial charge on any atom is -0.291 e. The van der Waals surface area contributed by atoms with Crippen molar-refractivity contribution in [2.24, 2.45) is 0 Å². The maximum Gasteiger partial charge on any atom is 0.187 e. The quantitative estimate of drug-likeness (QED) is 0.447. The summed E-state index contributed by atoms with van der Waals surface area (Å²) in [7, 11) is 0. The van der Waals surface area contributed by atoms with Crippen molar-refractivity contribution in [3.8, 4) is 0 Å². The number of hydrogen-bond donors (Lipinski definition) is 0. The molecule has 2 aromatic carbocycles. The number of carbonyl (C=O) groups is 1. The zero-order valence-corrected chi connectivity index (χ0v) is 19.9. The van der Waals surface area contributed by atoms with Crippen LogP contribution in [0.3, 0.4) is 0 Å². The molecule has 0 amide bonds. The molecule has 0 N–H and O–H groups in total. The maximum absolute atomic E-state index is 13.4. The van der Waals surface area contributed by atoms with E-state index in [4.69, 9.17) is 0 Å². The molecule has 6 heteroatoms. The maximum atomic E-state index is 13.4. The summed E-state index contributed by atoms with van der Waals surface area (Å²) < 4.78 is 26.7. The number of hydrogen-bond acceptors (Lipinski definition) is 3. The van der Waals surface area contributed by atoms with E-state index in [-0.39, 0.29) is 17.4 Å². The molecule has 4 nitrogen and oxygen atoms in total. The van der Waals surface area contributed by atoms with Crippen LogP contribution in [0.4, 0.5) is 8.78 Å². The number of nitrogens with zero attached hydrogens (tertiary/aromatic N) is 2. The van der Waals surface area contributed by atoms with Crippen LogP contribution in [0, 0.1) is 11.6 Å². The number of rotatable bonds is 4. The first-order valence-electron chi connectivity index (χ1n) is 11.3. The molecule has 0 saturated carbocycles. The van der Waals surface area contributed by atoms with Crippen LogP contribution in [-0.4, -0.2) is 46.5 Å². The van der Waals surface area contributed by atoms with Gasteiger partial charge in [-0.25, -0.2) is 8.78 Å². The van der Waals surface area contributed by atoms with E-state index in [1.165, 1.54) is 24.3 Å². The molecule has 0 spiro atoms. The lowest BCUT2D eigenvalue weighted by molar-refractivity contribution is -0.238. The lowest BCUT2D eigenvalue weighted by atomic mass is 9.91. The highest BCUT2D eigenvalue weighted by Gasteiger charge is 2.46. The van der Waals surface area contributed by atoms with Crippen LogP contribution in [-0.2, 0) is 10.0 Å². The normalized spacial score (nSPS) is 23.0. The third kappa shape index (κ3) is 4.94. The van der Waals surface area contributed by atoms with Crippen molar-refractivity contribution in [1.29, 1.82) is 0 Å². The number of likely N-dealkylation sites (tertiary alicyclic amines) is 1. The Bertz CT molecular complexity index is 1110. The lowest BCUT2D eigenvalue weighted by Gasteiger charge is -2.36. The highest BCUT2D eigenvalue weighted by Crippen LogP contribution is 2.39. The summed E-state index contributed by atoms with van der Waals surface area (Å²) in [5, 5.41) is 13.9. The predicted molar refractivity (Wildman–Crippen MR) is 129 cm³/mol. The largest absolute Gasteiger partial charge is 0.291 e. The third-order valence-electron chi connectivity index (χ3n) is 6.53. The number of hydroxylamine groups is 2. The van der Waals surface area contributed by atoms with Crippen LogP contribution in [0.15, 0.2) is 71.3 Å². The first-order chi connectivity index (χ1) is 16.0. The van der Waals surface area contributed by atoms with Crippen molar-refractivity contribution in [3.63, 3.8) is 0 Å². The van der Waals surface area contributed by atoms with E-state index in [1.807, 2.05) is 33.8 Å². The molecule has 1 fully saturated rings. The van der Waals surface area contributed by atoms with E-state index in [2.05, 4.69) is 4.90 Å². The van der Waals surface area contributed by atoms with Gasteiger partial charge >= 0.3 is 0 Å². The fraction of sp³-hybridized carbons (Fsp3) is 0.321. The summed E-state index contributed by atoms with van der Waals surface area (Å²) in [5.74, 6) is -0.762. The van der Waals surface area contributed by atoms with Crippen LogP contribution < -0.4 is 0 Å². The van der Waals surface area contributed by atoms with Gasteiger partial charge in [-0.1, -0.05) is 30.3 Å². The molecule has 0 aliphatic carbocycles. The van der Waals surface area contributed by atoms with Gasteiger partial charge in [0, 0.05) is 30.8 Å². The van der Waals surface area contributed by atoms with E-state index in [0.29, 0.717) is 30.8 Å². The van der Waals surface area contributed by atoms with Gasteiger partial charge in [0.15, 0.2) is 5.78 Å². The van der Waals surface area contributed by atoms with Crippen molar-refractivity contribution in [1.82, 2.24) is 9.96 Å². The molecule has 0 aromatic heterocycles. The van der Waals surface area contributed by atoms with E-state index in [9.17, 15) is 18.8 Å². The SMILES string of the molecule is CC1(C)C=C(CN2C/C(=C\c3ccc(F)cc3)C(=O)/C(=C/c3ccc(F)cc3)C2)C(C)(C)N1[O]. The van der Waals surface area contributed by atoms with E-state index in [0.717, 1.165) is 21.8 Å². The fourth-order valence-corrected chi connectivity index (χ4v) is 4.73. The fourth-order valence-electron chi connectivity index (χ4n) is 4.73. The molecule has 0 atom stereocenters. The number of Topliss-reactive ketones (excluding diaryl/α,β-unsaturated/α-hetero) is 1. The van der Waals surface area contributed by atoms with E-state index < -0.39 is 11.1 Å². The summed E-state index contributed by atoms with van der Waals surface area (Å²) >= 11 is 0. The minimum atomic E-state index is -0.660. The van der Waals surface area contributed by atoms with Gasteiger partial charge in [0.25, 0.3) is 0 Å². The molecule has 2 aromatic rings. The first kappa shape index (κ1) is 24.2. The standard InChI is InChI=1S/C28H29F2N2O2/c1-27(2)15-23(28(3,4)32(27)34)18-31-16-21(13-19-5-9-24(29)10-6-19)26(33)22(17-31)14-20-7-11-25(30)12-8-20/h5-15H,16-18H2,1-4H3/b21-13+,22-14+. The second kappa shape index (κ2) is 9.02. The molecule has 177 valence electrons. The number of halogens is 2.